The van der Waals surface area contributed by atoms with Gasteiger partial charge in [0.15, 0.2) is 12.2 Å². The van der Waals surface area contributed by atoms with E-state index in [-0.39, 0.29) is 25.7 Å². The van der Waals surface area contributed by atoms with E-state index in [1.165, 1.54) is 57.8 Å². The molecule has 0 radical (unpaired) electrons. The monoisotopic (exact) mass is 1620 g/mol. The molecule has 640 valence electrons. The summed E-state index contributed by atoms with van der Waals surface area (Å²) in [6, 6.07) is 0. The van der Waals surface area contributed by atoms with Crippen molar-refractivity contribution in [1.29, 1.82) is 0 Å². The Kier molecular flexibility index (Phi) is 79.0. The molecule has 0 bridgehead atoms. The fourth-order valence-corrected chi connectivity index (χ4v) is 11.7. The average Bonchev–Trinajstić information content (AvgIpc) is 0.899. The van der Waals surface area contributed by atoms with Gasteiger partial charge in [-0.3, -0.25) is 37.3 Å². The number of aliphatic hydroxyl groups is 1. The molecule has 0 aromatic rings. The van der Waals surface area contributed by atoms with E-state index in [2.05, 4.69) is 210 Å². The first-order valence-electron chi connectivity index (χ1n) is 42.6. The van der Waals surface area contributed by atoms with Crippen LogP contribution in [0.3, 0.4) is 0 Å². The van der Waals surface area contributed by atoms with Crippen LogP contribution < -0.4 is 0 Å². The van der Waals surface area contributed by atoms with Crippen LogP contribution in [0, 0.1) is 0 Å². The zero-order valence-electron chi connectivity index (χ0n) is 70.1. The summed E-state index contributed by atoms with van der Waals surface area (Å²) in [7, 11) is -10.1. The van der Waals surface area contributed by atoms with Gasteiger partial charge in [-0.25, -0.2) is 9.13 Å². The molecule has 17 nitrogen and oxygen atoms in total. The number of esters is 4. The first-order valence-corrected chi connectivity index (χ1v) is 45.6. The topological polar surface area (TPSA) is 237 Å². The fraction of sp³-hybridized carbons (Fsp3) is 0.558. The maximum Gasteiger partial charge on any atom is 0.472 e. The number of allylic oxidation sites excluding steroid dienone is 38. The standard InChI is InChI=1S/C95H148O17P2/c1-5-9-13-17-21-25-29-33-37-41-44-48-51-55-59-63-67-71-75-79-92(97)105-85-90(111-94(99)81-77-73-69-65-61-57-53-47-40-36-32-28-24-20-16-12-8-4)87-109-113(101,102)107-83-89(96)84-108-114(103,104)110-88-91(112-95(100)82-78-74-70-66-62-58-54-50-46-43-39-35-31-27-23-19-15-11-7-3)86-106-93(98)80-76-72-68-64-60-56-52-49-45-42-38-34-30-26-22-18-14-10-6-2/h9,13,21-28,33-40,44-46,48-50,53,55-60,62,65,68-70,72,74,89-91,96H,5-8,10-12,14-20,29-32,41-43,47,51-52,54,61,63-64,66-67,71,73,75-88H2,1-4H3,(H,101,102)(H,103,104)/b13-9-,25-21-,26-22-,27-23-,28-24-,37-33-,38-34-,39-35-,40-36-,48-44-,49-45-,50-46-,57-53-,59-55-,60-56-,62-58-,69-65-,72-68-,74-70-/t89-,90-,91-/m1/s1. The zero-order chi connectivity index (χ0) is 83.1. The molecule has 0 aromatic carbocycles. The second kappa shape index (κ2) is 84.0. The summed E-state index contributed by atoms with van der Waals surface area (Å²) < 4.78 is 68.5. The van der Waals surface area contributed by atoms with Crippen LogP contribution in [0.2, 0.25) is 0 Å². The first-order chi connectivity index (χ1) is 55.7. The van der Waals surface area contributed by atoms with Crippen LogP contribution in [-0.2, 0) is 65.4 Å². The minimum atomic E-state index is -5.04. The number of ether oxygens (including phenoxy) is 4. The third-order valence-corrected chi connectivity index (χ3v) is 18.5. The molecule has 0 amide bonds. The van der Waals surface area contributed by atoms with E-state index < -0.39 is 97.5 Å². The van der Waals surface area contributed by atoms with Crippen LogP contribution in [0.25, 0.3) is 0 Å². The lowest BCUT2D eigenvalue weighted by Gasteiger charge is -2.21. The molecule has 0 saturated carbocycles. The van der Waals surface area contributed by atoms with Crippen LogP contribution >= 0.6 is 15.6 Å². The Morgan fingerprint density at radius 1 is 0.254 bits per heavy atom. The third-order valence-electron chi connectivity index (χ3n) is 16.6. The largest absolute Gasteiger partial charge is 0.472 e. The molecule has 0 rings (SSSR count). The number of carbonyl (C=O) groups excluding carboxylic acids is 4. The van der Waals surface area contributed by atoms with Crippen LogP contribution in [0.5, 0.6) is 0 Å². The molecular formula is C95H148O17P2. The van der Waals surface area contributed by atoms with E-state index in [0.717, 1.165) is 128 Å². The van der Waals surface area contributed by atoms with Crippen molar-refractivity contribution in [2.75, 3.05) is 39.6 Å². The minimum absolute atomic E-state index is 0.00294. The van der Waals surface area contributed by atoms with Crippen molar-refractivity contribution < 1.29 is 80.2 Å². The van der Waals surface area contributed by atoms with Gasteiger partial charge in [0.2, 0.25) is 0 Å². The third kappa shape index (κ3) is 83.1. The molecule has 2 unspecified atom stereocenters. The lowest BCUT2D eigenvalue weighted by molar-refractivity contribution is -0.161. The van der Waals surface area contributed by atoms with Gasteiger partial charge in [0, 0.05) is 25.7 Å². The van der Waals surface area contributed by atoms with Crippen LogP contribution in [0.4, 0.5) is 0 Å². The summed E-state index contributed by atoms with van der Waals surface area (Å²) >= 11 is 0. The van der Waals surface area contributed by atoms with Gasteiger partial charge in [0.05, 0.1) is 26.4 Å². The smallest absolute Gasteiger partial charge is 0.462 e. The van der Waals surface area contributed by atoms with Crippen LogP contribution in [0.1, 0.15) is 285 Å². The number of phosphoric acid groups is 2. The van der Waals surface area contributed by atoms with E-state index in [4.69, 9.17) is 37.0 Å². The molecule has 0 aliphatic heterocycles. The number of rotatable bonds is 77. The van der Waals surface area contributed by atoms with Crippen molar-refractivity contribution in [3.63, 3.8) is 0 Å². The van der Waals surface area contributed by atoms with Crippen molar-refractivity contribution >= 4 is 39.5 Å². The summed E-state index contributed by atoms with van der Waals surface area (Å²) in [4.78, 5) is 73.2. The van der Waals surface area contributed by atoms with Gasteiger partial charge in [-0.15, -0.1) is 0 Å². The van der Waals surface area contributed by atoms with E-state index in [1.807, 2.05) is 48.6 Å². The van der Waals surface area contributed by atoms with E-state index >= 15 is 0 Å². The molecule has 0 aliphatic rings. The summed E-state index contributed by atoms with van der Waals surface area (Å²) in [5, 5.41) is 10.7. The highest BCUT2D eigenvalue weighted by molar-refractivity contribution is 7.47. The van der Waals surface area contributed by atoms with Gasteiger partial charge in [-0.05, 0) is 186 Å². The Morgan fingerprint density at radius 3 is 0.781 bits per heavy atom. The molecule has 5 atom stereocenters. The maximum absolute atomic E-state index is 13.1. The number of unbranched alkanes of at least 4 members (excludes halogenated alkanes) is 13. The second-order valence-electron chi connectivity index (χ2n) is 27.3. The average molecular weight is 1620 g/mol. The molecule has 19 heteroatoms. The zero-order valence-corrected chi connectivity index (χ0v) is 71.9. The van der Waals surface area contributed by atoms with Gasteiger partial charge >= 0.3 is 39.5 Å². The highest BCUT2D eigenvalue weighted by Crippen LogP contribution is 2.45. The van der Waals surface area contributed by atoms with E-state index in [0.29, 0.717) is 44.9 Å². The maximum atomic E-state index is 13.1. The molecule has 0 aromatic heterocycles. The SMILES string of the molecule is CC/C=C\C/C=C\C/C=C\C/C=C\C/C=C\CCCCCC(=O)OC[C@H](COP(=O)(O)OC[C@@H](O)COP(=O)(O)OC[C@@H](COC(=O)CC/C=C\C/C=C\C/C=C\C/C=C\C/C=C\CCCCC)OC(=O)CC/C=C\C/C=C\C/C=C\C/C=C\C/C=C\CCCCC)OC(=O)CCC/C=C\C/C=C\C/C=C\C/C=C\CCCCC. The normalized spacial score (nSPS) is 14.9. The molecule has 0 fully saturated rings. The van der Waals surface area contributed by atoms with E-state index in [9.17, 15) is 43.2 Å². The molecule has 114 heavy (non-hydrogen) atoms. The molecule has 0 saturated heterocycles. The van der Waals surface area contributed by atoms with Crippen molar-refractivity contribution in [2.45, 2.75) is 303 Å². The summed E-state index contributed by atoms with van der Waals surface area (Å²) in [6.45, 7) is 4.37. The predicted molar refractivity (Wildman–Crippen MR) is 472 cm³/mol. The Hall–Kier alpha value is -6.88. The van der Waals surface area contributed by atoms with Crippen molar-refractivity contribution in [1.82, 2.24) is 0 Å². The van der Waals surface area contributed by atoms with Crippen molar-refractivity contribution in [3.8, 4) is 0 Å². The highest BCUT2D eigenvalue weighted by atomic mass is 31.2. The Bertz CT molecular complexity index is 3070. The second-order valence-corrected chi connectivity index (χ2v) is 30.2. The predicted octanol–water partition coefficient (Wildman–Crippen LogP) is 25.8. The summed E-state index contributed by atoms with van der Waals surface area (Å²) in [5.74, 6) is -2.50. The highest BCUT2D eigenvalue weighted by Gasteiger charge is 2.30. The van der Waals surface area contributed by atoms with Gasteiger partial charge in [-0.2, -0.15) is 0 Å². The molecule has 0 heterocycles. The van der Waals surface area contributed by atoms with Gasteiger partial charge in [0.25, 0.3) is 0 Å². The lowest BCUT2D eigenvalue weighted by atomic mass is 10.1. The van der Waals surface area contributed by atoms with Gasteiger partial charge in [0.1, 0.15) is 19.3 Å². The number of hydrogen-bond acceptors (Lipinski definition) is 15. The Morgan fingerprint density at radius 2 is 0.482 bits per heavy atom. The summed E-state index contributed by atoms with van der Waals surface area (Å²) in [5.41, 5.74) is 0. The van der Waals surface area contributed by atoms with Crippen LogP contribution in [0.15, 0.2) is 231 Å². The van der Waals surface area contributed by atoms with Crippen molar-refractivity contribution in [2.24, 2.45) is 0 Å². The number of aliphatic hydroxyl groups excluding tert-OH is 1. The fourth-order valence-electron chi connectivity index (χ4n) is 10.1. The van der Waals surface area contributed by atoms with Crippen LogP contribution in [-0.4, -0.2) is 96.7 Å². The summed E-state index contributed by atoms with van der Waals surface area (Å²) in [6.07, 6.45) is 109. The quantitative estimate of drug-likeness (QED) is 0.0169. The van der Waals surface area contributed by atoms with E-state index in [1.54, 1.807) is 0 Å². The number of hydrogen-bond donors (Lipinski definition) is 3. The number of phosphoric ester groups is 2. The minimum Gasteiger partial charge on any atom is -0.462 e. The lowest BCUT2D eigenvalue weighted by Crippen LogP contribution is -2.30. The molecular weight excluding hydrogens is 1470 g/mol. The Labute approximate surface area is 689 Å². The molecule has 3 N–H and O–H groups in total. The van der Waals surface area contributed by atoms with Gasteiger partial charge in [-0.1, -0.05) is 304 Å². The van der Waals surface area contributed by atoms with Gasteiger partial charge < -0.3 is 33.8 Å². The van der Waals surface area contributed by atoms with Crippen molar-refractivity contribution in [3.05, 3.63) is 231 Å². The number of carbonyl (C=O) groups is 4. The first kappa shape index (κ1) is 107. The molecule has 0 spiro atoms. The Balaban J connectivity index is 5.64. The molecule has 0 aliphatic carbocycles.